The van der Waals surface area contributed by atoms with Crippen molar-refractivity contribution in [2.24, 2.45) is 0 Å². The molecule has 0 aliphatic carbocycles. The van der Waals surface area contributed by atoms with E-state index in [2.05, 4.69) is 21.6 Å². The summed E-state index contributed by atoms with van der Waals surface area (Å²) in [5, 5.41) is 0. The second kappa shape index (κ2) is 8.64. The Labute approximate surface area is 126 Å². The standard InChI is InChI=1S/C16H23N2O3/c1-20-17-16(19)13-14-5-7-15(8-6-14)21-12-11-18-9-3-2-4-10-18/h2,5-8H,3-4,9-13H2,1H3,(H,17,19). The van der Waals surface area contributed by atoms with Crippen molar-refractivity contribution in [2.45, 2.75) is 19.3 Å². The summed E-state index contributed by atoms with van der Waals surface area (Å²) in [4.78, 5) is 18.4. The van der Waals surface area contributed by atoms with Crippen LogP contribution in [-0.4, -0.2) is 44.2 Å². The number of benzene rings is 1. The third-order valence-electron chi connectivity index (χ3n) is 3.48. The van der Waals surface area contributed by atoms with E-state index in [1.165, 1.54) is 20.0 Å². The van der Waals surface area contributed by atoms with E-state index < -0.39 is 0 Å². The molecule has 1 saturated heterocycles. The Hall–Kier alpha value is -1.59. The Bertz CT molecular complexity index is 428. The second-order valence-corrected chi connectivity index (χ2v) is 5.11. The van der Waals surface area contributed by atoms with Crippen LogP contribution in [0.3, 0.4) is 0 Å². The molecule has 0 atom stereocenters. The highest BCUT2D eigenvalue weighted by Crippen LogP contribution is 2.13. The Balaban J connectivity index is 1.70. The minimum Gasteiger partial charge on any atom is -0.492 e. The summed E-state index contributed by atoms with van der Waals surface area (Å²) in [5.41, 5.74) is 3.23. The average Bonchev–Trinajstić information content (AvgIpc) is 2.50. The van der Waals surface area contributed by atoms with Gasteiger partial charge in [0, 0.05) is 6.54 Å². The molecular weight excluding hydrogens is 268 g/mol. The summed E-state index contributed by atoms with van der Waals surface area (Å²) >= 11 is 0. The van der Waals surface area contributed by atoms with E-state index in [0.717, 1.165) is 30.9 Å². The first-order valence-electron chi connectivity index (χ1n) is 7.35. The van der Waals surface area contributed by atoms with Gasteiger partial charge in [-0.05, 0) is 50.0 Å². The highest BCUT2D eigenvalue weighted by atomic mass is 16.6. The largest absolute Gasteiger partial charge is 0.492 e. The van der Waals surface area contributed by atoms with Crippen LogP contribution in [0.2, 0.25) is 0 Å². The normalized spacial score (nSPS) is 15.7. The first-order valence-corrected chi connectivity index (χ1v) is 7.35. The highest BCUT2D eigenvalue weighted by Gasteiger charge is 2.09. The lowest BCUT2D eigenvalue weighted by Gasteiger charge is -2.26. The molecule has 1 radical (unpaired) electrons. The summed E-state index contributed by atoms with van der Waals surface area (Å²) in [5.74, 6) is 0.683. The lowest BCUT2D eigenvalue weighted by Crippen LogP contribution is -2.33. The van der Waals surface area contributed by atoms with Gasteiger partial charge in [-0.2, -0.15) is 0 Å². The molecule has 1 heterocycles. The van der Waals surface area contributed by atoms with Gasteiger partial charge in [0.2, 0.25) is 5.91 Å². The van der Waals surface area contributed by atoms with Crippen LogP contribution < -0.4 is 10.2 Å². The predicted molar refractivity (Wildman–Crippen MR) is 80.8 cm³/mol. The molecule has 115 valence electrons. The molecule has 1 aromatic carbocycles. The molecule has 1 fully saturated rings. The van der Waals surface area contributed by atoms with Crippen molar-refractivity contribution >= 4 is 5.91 Å². The van der Waals surface area contributed by atoms with Crippen LogP contribution in [0.4, 0.5) is 0 Å². The van der Waals surface area contributed by atoms with E-state index in [1.807, 2.05) is 24.3 Å². The zero-order valence-corrected chi connectivity index (χ0v) is 12.5. The van der Waals surface area contributed by atoms with Crippen LogP contribution in [0, 0.1) is 6.42 Å². The van der Waals surface area contributed by atoms with Crippen LogP contribution in [0.25, 0.3) is 0 Å². The number of carbonyl (C=O) groups excluding carboxylic acids is 1. The van der Waals surface area contributed by atoms with Crippen LogP contribution in [0.5, 0.6) is 5.75 Å². The molecule has 1 aromatic rings. The lowest BCUT2D eigenvalue weighted by molar-refractivity contribution is -0.130. The van der Waals surface area contributed by atoms with E-state index in [4.69, 9.17) is 4.74 Å². The Morgan fingerprint density at radius 3 is 2.62 bits per heavy atom. The van der Waals surface area contributed by atoms with Gasteiger partial charge in [0.25, 0.3) is 0 Å². The fraction of sp³-hybridized carbons (Fsp3) is 0.500. The SMILES string of the molecule is CONC(=O)Cc1ccc(OCCN2CC[CH]CC2)cc1. The van der Waals surface area contributed by atoms with E-state index in [9.17, 15) is 4.79 Å². The summed E-state index contributed by atoms with van der Waals surface area (Å²) in [6.45, 7) is 3.93. The van der Waals surface area contributed by atoms with Gasteiger partial charge in [-0.15, -0.1) is 0 Å². The zero-order chi connectivity index (χ0) is 14.9. The number of piperidine rings is 1. The van der Waals surface area contributed by atoms with Crippen molar-refractivity contribution in [1.29, 1.82) is 0 Å². The van der Waals surface area contributed by atoms with Crippen LogP contribution in [0.15, 0.2) is 24.3 Å². The molecule has 0 unspecified atom stereocenters. The molecule has 1 aliphatic heterocycles. The molecular formula is C16H23N2O3. The molecule has 0 saturated carbocycles. The summed E-state index contributed by atoms with van der Waals surface area (Å²) in [6.07, 6.45) is 5.00. The van der Waals surface area contributed by atoms with Crippen LogP contribution in [0.1, 0.15) is 18.4 Å². The van der Waals surface area contributed by atoms with Crippen LogP contribution in [-0.2, 0) is 16.1 Å². The predicted octanol–water partition coefficient (Wildman–Crippen LogP) is 1.59. The minimum atomic E-state index is -0.159. The molecule has 21 heavy (non-hydrogen) atoms. The summed E-state index contributed by atoms with van der Waals surface area (Å²) < 4.78 is 5.74. The summed E-state index contributed by atoms with van der Waals surface area (Å²) in [7, 11) is 1.43. The average molecular weight is 291 g/mol. The quantitative estimate of drug-likeness (QED) is 0.775. The maximum absolute atomic E-state index is 11.4. The molecule has 0 aromatic heterocycles. The van der Waals surface area contributed by atoms with Gasteiger partial charge >= 0.3 is 0 Å². The Morgan fingerprint density at radius 1 is 1.24 bits per heavy atom. The lowest BCUT2D eigenvalue weighted by atomic mass is 10.1. The van der Waals surface area contributed by atoms with E-state index >= 15 is 0 Å². The van der Waals surface area contributed by atoms with E-state index in [-0.39, 0.29) is 5.91 Å². The molecule has 2 rings (SSSR count). The van der Waals surface area contributed by atoms with Crippen molar-refractivity contribution < 1.29 is 14.4 Å². The number of rotatable bonds is 7. The number of ether oxygens (including phenoxy) is 1. The number of nitrogens with one attached hydrogen (secondary N) is 1. The third-order valence-corrected chi connectivity index (χ3v) is 3.48. The number of hydrogen-bond acceptors (Lipinski definition) is 4. The smallest absolute Gasteiger partial charge is 0.247 e. The maximum Gasteiger partial charge on any atom is 0.247 e. The molecule has 0 bridgehead atoms. The molecule has 5 heteroatoms. The topological polar surface area (TPSA) is 50.8 Å². The van der Waals surface area contributed by atoms with Gasteiger partial charge in [0.05, 0.1) is 13.5 Å². The highest BCUT2D eigenvalue weighted by molar-refractivity contribution is 5.77. The molecule has 1 N–H and O–H groups in total. The van der Waals surface area contributed by atoms with Gasteiger partial charge in [0.1, 0.15) is 12.4 Å². The number of carbonyl (C=O) groups is 1. The molecule has 1 aliphatic rings. The number of hydrogen-bond donors (Lipinski definition) is 1. The van der Waals surface area contributed by atoms with Gasteiger partial charge in [-0.1, -0.05) is 12.1 Å². The first kappa shape index (κ1) is 15.8. The summed E-state index contributed by atoms with van der Waals surface area (Å²) in [6, 6.07) is 7.61. The second-order valence-electron chi connectivity index (χ2n) is 5.11. The van der Waals surface area contributed by atoms with Crippen molar-refractivity contribution in [2.75, 3.05) is 33.4 Å². The number of amides is 1. The number of nitrogens with zero attached hydrogens (tertiary/aromatic N) is 1. The first-order chi connectivity index (χ1) is 10.3. The Kier molecular flexibility index (Phi) is 6.50. The van der Waals surface area contributed by atoms with Crippen molar-refractivity contribution in [3.63, 3.8) is 0 Å². The number of likely N-dealkylation sites (tertiary alicyclic amines) is 1. The molecule has 5 nitrogen and oxygen atoms in total. The van der Waals surface area contributed by atoms with Crippen molar-refractivity contribution in [1.82, 2.24) is 10.4 Å². The number of hydroxylamine groups is 1. The maximum atomic E-state index is 11.4. The fourth-order valence-corrected chi connectivity index (χ4v) is 2.36. The van der Waals surface area contributed by atoms with Crippen molar-refractivity contribution in [3.05, 3.63) is 36.2 Å². The van der Waals surface area contributed by atoms with Gasteiger partial charge in [-0.25, -0.2) is 5.48 Å². The van der Waals surface area contributed by atoms with Gasteiger partial charge in [-0.3, -0.25) is 14.5 Å². The van der Waals surface area contributed by atoms with Gasteiger partial charge < -0.3 is 4.74 Å². The van der Waals surface area contributed by atoms with Gasteiger partial charge in [0.15, 0.2) is 0 Å². The minimum absolute atomic E-state index is 0.159. The van der Waals surface area contributed by atoms with Crippen molar-refractivity contribution in [3.8, 4) is 5.75 Å². The van der Waals surface area contributed by atoms with Crippen LogP contribution >= 0.6 is 0 Å². The molecule has 0 spiro atoms. The third kappa shape index (κ3) is 5.73. The zero-order valence-electron chi connectivity index (χ0n) is 12.5. The van der Waals surface area contributed by atoms with E-state index in [1.54, 1.807) is 0 Å². The Morgan fingerprint density at radius 2 is 1.95 bits per heavy atom. The fourth-order valence-electron chi connectivity index (χ4n) is 2.36. The monoisotopic (exact) mass is 291 g/mol. The van der Waals surface area contributed by atoms with E-state index in [0.29, 0.717) is 13.0 Å². The molecule has 1 amide bonds.